The highest BCUT2D eigenvalue weighted by atomic mass is 16.6. The molecule has 0 aromatic heterocycles. The van der Waals surface area contributed by atoms with E-state index in [1.165, 1.54) is 0 Å². The summed E-state index contributed by atoms with van der Waals surface area (Å²) >= 11 is 0. The van der Waals surface area contributed by atoms with Crippen LogP contribution in [0.1, 0.15) is 0 Å². The van der Waals surface area contributed by atoms with Crippen LogP contribution < -0.4 is 10.6 Å². The van der Waals surface area contributed by atoms with Gasteiger partial charge in [0.25, 0.3) is 6.20 Å². The van der Waals surface area contributed by atoms with E-state index in [9.17, 15) is 10.1 Å². The summed E-state index contributed by atoms with van der Waals surface area (Å²) in [6.07, 6.45) is 0.964. The van der Waals surface area contributed by atoms with Crippen LogP contribution in [0, 0.1) is 10.1 Å². The topological polar surface area (TPSA) is 73.7 Å². The third-order valence-electron chi connectivity index (χ3n) is 1.98. The van der Waals surface area contributed by atoms with Gasteiger partial charge in [-0.05, 0) is 28.2 Å². The van der Waals surface area contributed by atoms with Crippen molar-refractivity contribution in [1.29, 1.82) is 0 Å². The predicted octanol–water partition coefficient (Wildman–Crippen LogP) is -0.636. The maximum absolute atomic E-state index is 10.4. The molecule has 0 unspecified atom stereocenters. The van der Waals surface area contributed by atoms with Crippen molar-refractivity contribution in [2.75, 3.05) is 54.4 Å². The highest BCUT2D eigenvalue weighted by Gasteiger charge is 2.02. The second kappa shape index (κ2) is 8.77. The van der Waals surface area contributed by atoms with Crippen LogP contribution in [0.2, 0.25) is 0 Å². The highest BCUT2D eigenvalue weighted by Crippen LogP contribution is 1.85. The van der Waals surface area contributed by atoms with E-state index >= 15 is 0 Å². The number of hydrogen-bond donors (Lipinski definition) is 2. The Balaban J connectivity index is 4.02. The normalized spacial score (nSPS) is 10.5. The van der Waals surface area contributed by atoms with Crippen molar-refractivity contribution >= 4 is 0 Å². The molecule has 0 aliphatic carbocycles. The van der Waals surface area contributed by atoms with E-state index in [2.05, 4.69) is 10.6 Å². The number of nitrogens with one attached hydrogen (secondary N) is 2. The van der Waals surface area contributed by atoms with Crippen molar-refractivity contribution in [2.45, 2.75) is 0 Å². The Morgan fingerprint density at radius 1 is 1.12 bits per heavy atom. The van der Waals surface area contributed by atoms with Crippen molar-refractivity contribution in [3.05, 3.63) is 22.1 Å². The van der Waals surface area contributed by atoms with Crippen LogP contribution in [0.5, 0.6) is 0 Å². The molecule has 0 rings (SSSR count). The lowest BCUT2D eigenvalue weighted by atomic mass is 10.5. The molecule has 0 atom stereocenters. The fraction of sp³-hybridized carbons (Fsp3) is 0.800. The smallest absolute Gasteiger partial charge is 0.274 e. The first-order valence-electron chi connectivity index (χ1n) is 5.54. The molecule has 0 bridgehead atoms. The first-order valence-corrected chi connectivity index (χ1v) is 5.54. The van der Waals surface area contributed by atoms with Gasteiger partial charge in [0.2, 0.25) is 0 Å². The zero-order valence-corrected chi connectivity index (χ0v) is 11.1. The average Bonchev–Trinajstić information content (AvgIpc) is 2.15. The Morgan fingerprint density at radius 2 is 1.53 bits per heavy atom. The van der Waals surface area contributed by atoms with Gasteiger partial charge in [-0.2, -0.15) is 0 Å². The Kier molecular flexibility index (Phi) is 8.08. The summed E-state index contributed by atoms with van der Waals surface area (Å²) in [6, 6.07) is 0. The summed E-state index contributed by atoms with van der Waals surface area (Å²) < 4.78 is 0. The quantitative estimate of drug-likeness (QED) is 0.416. The van der Waals surface area contributed by atoms with Gasteiger partial charge in [0.1, 0.15) is 0 Å². The fourth-order valence-electron chi connectivity index (χ4n) is 1.09. The lowest BCUT2D eigenvalue weighted by molar-refractivity contribution is -0.404. The van der Waals surface area contributed by atoms with E-state index in [4.69, 9.17) is 0 Å². The molecule has 0 saturated heterocycles. The fourth-order valence-corrected chi connectivity index (χ4v) is 1.09. The van der Waals surface area contributed by atoms with E-state index < -0.39 is 4.92 Å². The van der Waals surface area contributed by atoms with Gasteiger partial charge in [-0.25, -0.2) is 0 Å². The lowest BCUT2D eigenvalue weighted by Crippen LogP contribution is -2.35. The number of rotatable bonds is 9. The van der Waals surface area contributed by atoms with E-state index in [1.807, 2.05) is 38.0 Å². The molecular formula is C10H23N5O2. The third-order valence-corrected chi connectivity index (χ3v) is 1.98. The van der Waals surface area contributed by atoms with Gasteiger partial charge in [-0.15, -0.1) is 0 Å². The number of likely N-dealkylation sites (N-methyl/N-ethyl adjacent to an activating group) is 2. The SMILES string of the molecule is CN(C)CCNC(=C[N+](=O)[O-])NCCN(C)C. The first kappa shape index (κ1) is 15.7. The first-order chi connectivity index (χ1) is 7.91. The number of hydrogen-bond acceptors (Lipinski definition) is 6. The van der Waals surface area contributed by atoms with Gasteiger partial charge in [-0.1, -0.05) is 0 Å². The summed E-state index contributed by atoms with van der Waals surface area (Å²) in [5.41, 5.74) is 0. The lowest BCUT2D eigenvalue weighted by Gasteiger charge is -2.15. The number of nitrogens with zero attached hydrogens (tertiary/aromatic N) is 3. The van der Waals surface area contributed by atoms with Crippen LogP contribution in [0.3, 0.4) is 0 Å². The Bertz CT molecular complexity index is 237. The molecule has 0 amide bonds. The van der Waals surface area contributed by atoms with E-state index in [0.29, 0.717) is 18.9 Å². The summed E-state index contributed by atoms with van der Waals surface area (Å²) in [4.78, 5) is 14.0. The van der Waals surface area contributed by atoms with Crippen molar-refractivity contribution in [2.24, 2.45) is 0 Å². The molecule has 7 nitrogen and oxygen atoms in total. The van der Waals surface area contributed by atoms with E-state index in [0.717, 1.165) is 19.3 Å². The summed E-state index contributed by atoms with van der Waals surface area (Å²) in [6.45, 7) is 2.98. The van der Waals surface area contributed by atoms with Crippen molar-refractivity contribution < 1.29 is 4.92 Å². The second-order valence-corrected chi connectivity index (χ2v) is 4.29. The molecule has 0 heterocycles. The largest absolute Gasteiger partial charge is 0.365 e. The summed E-state index contributed by atoms with van der Waals surface area (Å²) in [7, 11) is 7.83. The molecule has 0 aliphatic rings. The maximum Gasteiger partial charge on any atom is 0.274 e. The van der Waals surface area contributed by atoms with Crippen LogP contribution in [0.4, 0.5) is 0 Å². The predicted molar refractivity (Wildman–Crippen MR) is 68.2 cm³/mol. The Morgan fingerprint density at radius 3 is 1.82 bits per heavy atom. The molecule has 0 fully saturated rings. The summed E-state index contributed by atoms with van der Waals surface area (Å²) in [5.74, 6) is 0.457. The van der Waals surface area contributed by atoms with Gasteiger partial charge < -0.3 is 20.4 Å². The van der Waals surface area contributed by atoms with E-state index in [1.54, 1.807) is 0 Å². The van der Waals surface area contributed by atoms with Crippen molar-refractivity contribution in [3.8, 4) is 0 Å². The van der Waals surface area contributed by atoms with Gasteiger partial charge in [-0.3, -0.25) is 10.1 Å². The van der Waals surface area contributed by atoms with Gasteiger partial charge >= 0.3 is 0 Å². The van der Waals surface area contributed by atoms with Crippen molar-refractivity contribution in [3.63, 3.8) is 0 Å². The van der Waals surface area contributed by atoms with Crippen LogP contribution in [-0.2, 0) is 0 Å². The van der Waals surface area contributed by atoms with Crippen molar-refractivity contribution in [1.82, 2.24) is 20.4 Å². The molecule has 17 heavy (non-hydrogen) atoms. The minimum atomic E-state index is -0.458. The Labute approximate surface area is 103 Å². The summed E-state index contributed by atoms with van der Waals surface area (Å²) in [5, 5.41) is 16.4. The van der Waals surface area contributed by atoms with Crippen LogP contribution in [0.15, 0.2) is 12.0 Å². The second-order valence-electron chi connectivity index (χ2n) is 4.29. The highest BCUT2D eigenvalue weighted by molar-refractivity contribution is 4.92. The molecule has 0 radical (unpaired) electrons. The molecule has 0 saturated carbocycles. The minimum Gasteiger partial charge on any atom is -0.365 e. The Hall–Kier alpha value is -1.34. The van der Waals surface area contributed by atoms with Gasteiger partial charge in [0, 0.05) is 26.2 Å². The zero-order valence-electron chi connectivity index (χ0n) is 11.1. The third kappa shape index (κ3) is 10.9. The average molecular weight is 245 g/mol. The van der Waals surface area contributed by atoms with Crippen LogP contribution in [-0.4, -0.2) is 69.1 Å². The minimum absolute atomic E-state index is 0.457. The molecule has 7 heteroatoms. The molecule has 2 N–H and O–H groups in total. The molecule has 0 aromatic carbocycles. The molecule has 0 aliphatic heterocycles. The standard InChI is InChI=1S/C10H23N5O2/c1-13(2)7-5-11-10(9-15(16)17)12-6-8-14(3)4/h9,11-12H,5-8H2,1-4H3. The molecule has 100 valence electrons. The van der Waals surface area contributed by atoms with Gasteiger partial charge in [0.15, 0.2) is 5.82 Å². The van der Waals surface area contributed by atoms with Gasteiger partial charge in [0.05, 0.1) is 4.92 Å². The maximum atomic E-state index is 10.4. The monoisotopic (exact) mass is 245 g/mol. The molecular weight excluding hydrogens is 222 g/mol. The molecule has 0 aromatic rings. The number of nitro groups is 1. The van der Waals surface area contributed by atoms with E-state index in [-0.39, 0.29) is 0 Å². The zero-order chi connectivity index (χ0) is 13.3. The van der Waals surface area contributed by atoms with Crippen LogP contribution >= 0.6 is 0 Å². The molecule has 0 spiro atoms. The van der Waals surface area contributed by atoms with Crippen LogP contribution in [0.25, 0.3) is 0 Å².